The van der Waals surface area contributed by atoms with E-state index in [-0.39, 0.29) is 30.0 Å². The molecule has 144 valence electrons. The van der Waals surface area contributed by atoms with Crippen LogP contribution in [0.4, 0.5) is 10.5 Å². The first-order valence-corrected chi connectivity index (χ1v) is 9.32. The molecule has 1 unspecified atom stereocenters. The Morgan fingerprint density at radius 3 is 2.67 bits per heavy atom. The van der Waals surface area contributed by atoms with E-state index in [1.165, 1.54) is 4.57 Å². The van der Waals surface area contributed by atoms with Crippen molar-refractivity contribution in [2.45, 2.75) is 45.3 Å². The van der Waals surface area contributed by atoms with Crippen LogP contribution in [0.15, 0.2) is 21.3 Å². The van der Waals surface area contributed by atoms with Gasteiger partial charge in [-0.25, -0.2) is 9.59 Å². The van der Waals surface area contributed by atoms with E-state index in [4.69, 9.17) is 9.15 Å². The smallest absolute Gasteiger partial charge is 0.420 e. The van der Waals surface area contributed by atoms with E-state index in [2.05, 4.69) is 10.6 Å². The Labute approximate surface area is 167 Å². The molecule has 2 heterocycles. The number of nitrogens with zero attached hydrogens (tertiary/aromatic N) is 1. The Kier molecular flexibility index (Phi) is 5.02. The van der Waals surface area contributed by atoms with Gasteiger partial charge in [-0.15, -0.1) is 0 Å². The lowest BCUT2D eigenvalue weighted by atomic mass is 10.1. The number of aromatic nitrogens is 1. The highest BCUT2D eigenvalue weighted by molar-refractivity contribution is 14.1. The highest BCUT2D eigenvalue weighted by Crippen LogP contribution is 2.31. The van der Waals surface area contributed by atoms with Crippen molar-refractivity contribution in [3.8, 4) is 0 Å². The molecule has 0 bridgehead atoms. The van der Waals surface area contributed by atoms with Gasteiger partial charge in [0.25, 0.3) is 0 Å². The highest BCUT2D eigenvalue weighted by atomic mass is 127. The van der Waals surface area contributed by atoms with E-state index in [0.717, 1.165) is 0 Å². The van der Waals surface area contributed by atoms with Crippen molar-refractivity contribution < 1.29 is 23.5 Å². The van der Waals surface area contributed by atoms with Crippen molar-refractivity contribution in [3.63, 3.8) is 0 Å². The van der Waals surface area contributed by atoms with E-state index in [0.29, 0.717) is 9.09 Å². The lowest BCUT2D eigenvalue weighted by Crippen LogP contribution is -2.43. The molecule has 1 aliphatic rings. The van der Waals surface area contributed by atoms with Crippen LogP contribution >= 0.6 is 22.6 Å². The maximum atomic E-state index is 12.4. The number of carbonyl (C=O) groups excluding carboxylic acids is 3. The van der Waals surface area contributed by atoms with Gasteiger partial charge in [0.15, 0.2) is 5.58 Å². The molecule has 1 aromatic carbocycles. The quantitative estimate of drug-likeness (QED) is 0.497. The van der Waals surface area contributed by atoms with Crippen LogP contribution in [0.5, 0.6) is 0 Å². The summed E-state index contributed by atoms with van der Waals surface area (Å²) in [5.41, 5.74) is 0.0806. The molecule has 0 aliphatic carbocycles. The van der Waals surface area contributed by atoms with Crippen LogP contribution in [-0.4, -0.2) is 28.1 Å². The largest absolute Gasteiger partial charge is 0.444 e. The molecule has 10 heteroatoms. The number of carbonyl (C=O) groups is 3. The van der Waals surface area contributed by atoms with Gasteiger partial charge in [0.1, 0.15) is 17.3 Å². The van der Waals surface area contributed by atoms with Crippen LogP contribution in [-0.2, 0) is 14.3 Å². The molecule has 2 aromatic rings. The molecule has 2 N–H and O–H groups in total. The number of nitrogens with one attached hydrogen (secondary N) is 2. The summed E-state index contributed by atoms with van der Waals surface area (Å²) >= 11 is 2.00. The van der Waals surface area contributed by atoms with Crippen LogP contribution in [0.25, 0.3) is 11.1 Å². The fraction of sp³-hybridized carbons (Fsp3) is 0.412. The second kappa shape index (κ2) is 6.98. The number of anilines is 1. The predicted molar refractivity (Wildman–Crippen MR) is 104 cm³/mol. The minimum atomic E-state index is -0.856. The third kappa shape index (κ3) is 3.99. The fourth-order valence-corrected chi connectivity index (χ4v) is 3.38. The van der Waals surface area contributed by atoms with Crippen LogP contribution < -0.4 is 16.4 Å². The number of hydrogen-bond donors (Lipinski definition) is 2. The van der Waals surface area contributed by atoms with Gasteiger partial charge >= 0.3 is 11.8 Å². The van der Waals surface area contributed by atoms with E-state index < -0.39 is 29.4 Å². The van der Waals surface area contributed by atoms with Crippen molar-refractivity contribution in [3.05, 3.63) is 26.3 Å². The SMILES string of the molecule is CC(C)(C)OC(=O)Nc1c(I)ccc2c1oc(=O)n2C1CCC(=O)NC1=O. The fourth-order valence-electron chi connectivity index (χ4n) is 2.82. The summed E-state index contributed by atoms with van der Waals surface area (Å²) < 4.78 is 12.4. The van der Waals surface area contributed by atoms with Gasteiger partial charge in [-0.3, -0.25) is 24.8 Å². The van der Waals surface area contributed by atoms with Gasteiger partial charge in [0.2, 0.25) is 11.8 Å². The average Bonchev–Trinajstić information content (AvgIpc) is 2.85. The molecule has 9 nitrogen and oxygen atoms in total. The van der Waals surface area contributed by atoms with Gasteiger partial charge in [-0.1, -0.05) is 0 Å². The van der Waals surface area contributed by atoms with Crippen molar-refractivity contribution >= 4 is 57.3 Å². The Balaban J connectivity index is 2.04. The van der Waals surface area contributed by atoms with E-state index in [1.807, 2.05) is 22.6 Å². The number of hydrogen-bond acceptors (Lipinski definition) is 6. The summed E-state index contributed by atoms with van der Waals surface area (Å²) in [7, 11) is 0. The standard InChI is InChI=1S/C17H18IN3O6/c1-17(2,3)27-15(24)20-12-8(18)4-5-9-13(12)26-16(25)21(9)10-6-7-11(22)19-14(10)23/h4-5,10H,6-7H2,1-3H3,(H,20,24)(H,19,22,23). The number of fused-ring (bicyclic) bond motifs is 1. The molecule has 3 rings (SSSR count). The number of piperidine rings is 1. The number of amides is 3. The lowest BCUT2D eigenvalue weighted by molar-refractivity contribution is -0.135. The highest BCUT2D eigenvalue weighted by Gasteiger charge is 2.32. The van der Waals surface area contributed by atoms with E-state index >= 15 is 0 Å². The molecule has 3 amide bonds. The summed E-state index contributed by atoms with van der Waals surface area (Å²) in [5.74, 6) is -1.68. The number of rotatable bonds is 2. The maximum absolute atomic E-state index is 12.4. The van der Waals surface area contributed by atoms with Gasteiger partial charge in [0, 0.05) is 9.99 Å². The van der Waals surface area contributed by atoms with E-state index in [1.54, 1.807) is 32.9 Å². The minimum Gasteiger partial charge on any atom is -0.444 e. The van der Waals surface area contributed by atoms with Gasteiger partial charge in [-0.2, -0.15) is 0 Å². The maximum Gasteiger partial charge on any atom is 0.420 e. The molecular weight excluding hydrogens is 469 g/mol. The first-order valence-electron chi connectivity index (χ1n) is 8.24. The first-order chi connectivity index (χ1) is 12.6. The summed E-state index contributed by atoms with van der Waals surface area (Å²) in [6.07, 6.45) is -0.368. The van der Waals surface area contributed by atoms with Gasteiger partial charge < -0.3 is 9.15 Å². The monoisotopic (exact) mass is 487 g/mol. The van der Waals surface area contributed by atoms with Crippen molar-refractivity contribution in [1.82, 2.24) is 9.88 Å². The second-order valence-electron chi connectivity index (χ2n) is 7.10. The normalized spacial score (nSPS) is 17.7. The van der Waals surface area contributed by atoms with Crippen molar-refractivity contribution in [1.29, 1.82) is 0 Å². The zero-order valence-electron chi connectivity index (χ0n) is 14.9. The Hall–Kier alpha value is -2.37. The van der Waals surface area contributed by atoms with Crippen LogP contribution in [0, 0.1) is 3.57 Å². The Morgan fingerprint density at radius 1 is 1.33 bits per heavy atom. The topological polar surface area (TPSA) is 120 Å². The van der Waals surface area contributed by atoms with Crippen LogP contribution in [0.2, 0.25) is 0 Å². The number of oxazole rings is 1. The third-order valence-corrected chi connectivity index (χ3v) is 4.78. The molecule has 1 fully saturated rings. The number of halogens is 1. The second-order valence-corrected chi connectivity index (χ2v) is 8.26. The lowest BCUT2D eigenvalue weighted by Gasteiger charge is -2.21. The minimum absolute atomic E-state index is 0.128. The average molecular weight is 487 g/mol. The molecule has 1 saturated heterocycles. The Morgan fingerprint density at radius 2 is 2.04 bits per heavy atom. The zero-order chi connectivity index (χ0) is 19.9. The number of ether oxygens (including phenoxy) is 1. The Bertz CT molecular complexity index is 1000. The summed E-state index contributed by atoms with van der Waals surface area (Å²) in [6.45, 7) is 5.20. The number of imide groups is 1. The molecule has 1 aliphatic heterocycles. The number of benzene rings is 1. The third-order valence-electron chi connectivity index (χ3n) is 3.88. The molecule has 1 atom stereocenters. The van der Waals surface area contributed by atoms with E-state index in [9.17, 15) is 19.2 Å². The summed E-state index contributed by atoms with van der Waals surface area (Å²) in [5, 5.41) is 4.83. The van der Waals surface area contributed by atoms with Gasteiger partial charge in [0.05, 0.1) is 5.52 Å². The molecular formula is C17H18IN3O6. The molecule has 27 heavy (non-hydrogen) atoms. The van der Waals surface area contributed by atoms with Crippen molar-refractivity contribution in [2.24, 2.45) is 0 Å². The summed E-state index contributed by atoms with van der Waals surface area (Å²) in [6, 6.07) is 2.46. The predicted octanol–water partition coefficient (Wildman–Crippen LogP) is 2.52. The zero-order valence-corrected chi connectivity index (χ0v) is 17.1. The summed E-state index contributed by atoms with van der Waals surface area (Å²) in [4.78, 5) is 48.1. The van der Waals surface area contributed by atoms with Crippen molar-refractivity contribution in [2.75, 3.05) is 5.32 Å². The van der Waals surface area contributed by atoms with Crippen LogP contribution in [0.1, 0.15) is 39.7 Å². The van der Waals surface area contributed by atoms with Gasteiger partial charge in [-0.05, 0) is 61.9 Å². The molecule has 0 radical (unpaired) electrons. The molecule has 1 aromatic heterocycles. The molecule has 0 spiro atoms. The first kappa shape index (κ1) is 19.4. The van der Waals surface area contributed by atoms with Crippen LogP contribution in [0.3, 0.4) is 0 Å². The molecule has 0 saturated carbocycles.